The quantitative estimate of drug-likeness (QED) is 0.751. The number of carbonyl (C=O) groups excluding carboxylic acids is 1. The second-order valence-electron chi connectivity index (χ2n) is 5.39. The highest BCUT2D eigenvalue weighted by atomic mass is 19.4. The minimum atomic E-state index is -4.40. The lowest BCUT2D eigenvalue weighted by atomic mass is 10.1. The van der Waals surface area contributed by atoms with Gasteiger partial charge in [-0.1, -0.05) is 12.1 Å². The summed E-state index contributed by atoms with van der Waals surface area (Å²) in [5.74, 6) is -0.0447. The van der Waals surface area contributed by atoms with Crippen LogP contribution in [0.5, 0.6) is 5.75 Å². The molecule has 0 unspecified atom stereocenters. The molecule has 27 heavy (non-hydrogen) atoms. The molecule has 0 saturated carbocycles. The van der Waals surface area contributed by atoms with Crippen LogP contribution in [-0.4, -0.2) is 28.2 Å². The molecule has 3 aromatic rings. The van der Waals surface area contributed by atoms with Gasteiger partial charge in [0.15, 0.2) is 11.5 Å². The van der Waals surface area contributed by atoms with Gasteiger partial charge in [-0.05, 0) is 36.4 Å². The van der Waals surface area contributed by atoms with Crippen molar-refractivity contribution in [3.63, 3.8) is 0 Å². The van der Waals surface area contributed by atoms with Crippen molar-refractivity contribution in [2.24, 2.45) is 0 Å². The Kier molecular flexibility index (Phi) is 5.02. The molecule has 0 bridgehead atoms. The molecule has 0 radical (unpaired) electrons. The summed E-state index contributed by atoms with van der Waals surface area (Å²) in [5, 5.41) is 10.3. The van der Waals surface area contributed by atoms with Crippen LogP contribution in [0.25, 0.3) is 11.3 Å². The lowest BCUT2D eigenvalue weighted by Gasteiger charge is -2.08. The van der Waals surface area contributed by atoms with Crippen LogP contribution in [0, 0.1) is 0 Å². The van der Waals surface area contributed by atoms with E-state index in [-0.39, 0.29) is 11.5 Å². The fourth-order valence-corrected chi connectivity index (χ4v) is 2.28. The maximum Gasteiger partial charge on any atom is 0.416 e. The maximum absolute atomic E-state index is 12.6. The molecule has 0 aliphatic rings. The number of hydrogen-bond acceptors (Lipinski definition) is 5. The van der Waals surface area contributed by atoms with Crippen molar-refractivity contribution in [1.82, 2.24) is 15.2 Å². The molecule has 3 rings (SSSR count). The van der Waals surface area contributed by atoms with Gasteiger partial charge in [0.2, 0.25) is 0 Å². The van der Waals surface area contributed by atoms with E-state index in [0.717, 1.165) is 12.1 Å². The summed E-state index contributed by atoms with van der Waals surface area (Å²) in [6.45, 7) is 0. The van der Waals surface area contributed by atoms with Gasteiger partial charge in [0, 0.05) is 11.8 Å². The predicted molar refractivity (Wildman–Crippen MR) is 91.2 cm³/mol. The van der Waals surface area contributed by atoms with Gasteiger partial charge < -0.3 is 10.1 Å². The fourth-order valence-electron chi connectivity index (χ4n) is 2.28. The number of nitrogens with one attached hydrogen (secondary N) is 1. The first kappa shape index (κ1) is 18.3. The summed E-state index contributed by atoms with van der Waals surface area (Å²) in [6, 6.07) is 10.8. The predicted octanol–water partition coefficient (Wildman–Crippen LogP) is 3.82. The summed E-state index contributed by atoms with van der Waals surface area (Å²) >= 11 is 0. The summed E-state index contributed by atoms with van der Waals surface area (Å²) in [7, 11) is 1.42. The zero-order chi connectivity index (χ0) is 19.4. The van der Waals surface area contributed by atoms with Crippen molar-refractivity contribution in [3.05, 3.63) is 66.0 Å². The average molecular weight is 374 g/mol. The van der Waals surface area contributed by atoms with E-state index in [4.69, 9.17) is 4.74 Å². The number of methoxy groups -OCH3 is 1. The highest BCUT2D eigenvalue weighted by Gasteiger charge is 2.30. The average Bonchev–Trinajstić information content (AvgIpc) is 2.68. The molecule has 0 saturated heterocycles. The molecule has 2 heterocycles. The number of carbonyl (C=O) groups is 1. The SMILES string of the molecule is COc1cccnc1C(=O)Nc1ccc(-c2ccc(C(F)(F)F)cc2)nn1. The number of hydrogen-bond donors (Lipinski definition) is 1. The highest BCUT2D eigenvalue weighted by Crippen LogP contribution is 2.30. The summed E-state index contributed by atoms with van der Waals surface area (Å²) < 4.78 is 42.9. The Balaban J connectivity index is 1.75. The second kappa shape index (κ2) is 7.40. The number of benzene rings is 1. The van der Waals surface area contributed by atoms with E-state index in [1.807, 2.05) is 0 Å². The number of rotatable bonds is 4. The second-order valence-corrected chi connectivity index (χ2v) is 5.39. The van der Waals surface area contributed by atoms with Gasteiger partial charge in [0.05, 0.1) is 18.4 Å². The number of alkyl halides is 3. The number of nitrogens with zero attached hydrogens (tertiary/aromatic N) is 3. The Morgan fingerprint density at radius 3 is 2.37 bits per heavy atom. The highest BCUT2D eigenvalue weighted by molar-refractivity contribution is 6.04. The van der Waals surface area contributed by atoms with Crippen LogP contribution in [0.3, 0.4) is 0 Å². The van der Waals surface area contributed by atoms with Gasteiger partial charge in [-0.15, -0.1) is 10.2 Å². The third-order valence-corrected chi connectivity index (χ3v) is 3.62. The molecule has 1 N–H and O–H groups in total. The Labute approximate surface area is 152 Å². The van der Waals surface area contributed by atoms with Gasteiger partial charge in [-0.3, -0.25) is 4.79 Å². The first-order valence-electron chi connectivity index (χ1n) is 7.70. The molecule has 2 aromatic heterocycles. The molecular weight excluding hydrogens is 361 g/mol. The van der Waals surface area contributed by atoms with E-state index in [1.54, 1.807) is 18.2 Å². The van der Waals surface area contributed by atoms with Gasteiger partial charge in [0.1, 0.15) is 5.75 Å². The molecule has 138 valence electrons. The summed E-state index contributed by atoms with van der Waals surface area (Å²) in [4.78, 5) is 16.2. The Morgan fingerprint density at radius 1 is 1.04 bits per heavy atom. The first-order valence-corrected chi connectivity index (χ1v) is 7.70. The monoisotopic (exact) mass is 374 g/mol. The van der Waals surface area contributed by atoms with Gasteiger partial charge in [-0.25, -0.2) is 4.98 Å². The topological polar surface area (TPSA) is 77.0 Å². The Morgan fingerprint density at radius 2 is 1.78 bits per heavy atom. The van der Waals surface area contributed by atoms with Crippen molar-refractivity contribution in [2.45, 2.75) is 6.18 Å². The largest absolute Gasteiger partial charge is 0.494 e. The Bertz CT molecular complexity index is 942. The van der Waals surface area contributed by atoms with Gasteiger partial charge >= 0.3 is 6.18 Å². The first-order chi connectivity index (χ1) is 12.9. The number of halogens is 3. The summed E-state index contributed by atoms with van der Waals surface area (Å²) in [6.07, 6.45) is -2.94. The molecule has 0 aliphatic carbocycles. The van der Waals surface area contributed by atoms with Crippen LogP contribution in [-0.2, 0) is 6.18 Å². The normalized spacial score (nSPS) is 11.1. The summed E-state index contributed by atoms with van der Waals surface area (Å²) in [5.41, 5.74) is 0.193. The van der Waals surface area contributed by atoms with E-state index in [0.29, 0.717) is 17.0 Å². The molecule has 0 spiro atoms. The molecule has 0 aliphatic heterocycles. The maximum atomic E-state index is 12.6. The smallest absolute Gasteiger partial charge is 0.416 e. The number of pyridine rings is 1. The van der Waals surface area contributed by atoms with Crippen LogP contribution in [0.15, 0.2) is 54.7 Å². The molecule has 0 fully saturated rings. The van der Waals surface area contributed by atoms with E-state index < -0.39 is 17.6 Å². The zero-order valence-corrected chi connectivity index (χ0v) is 14.0. The molecule has 1 amide bonds. The van der Waals surface area contributed by atoms with E-state index in [2.05, 4.69) is 20.5 Å². The van der Waals surface area contributed by atoms with Crippen molar-refractivity contribution in [1.29, 1.82) is 0 Å². The minimum absolute atomic E-state index is 0.0913. The van der Waals surface area contributed by atoms with Crippen molar-refractivity contribution in [2.75, 3.05) is 12.4 Å². The van der Waals surface area contributed by atoms with E-state index >= 15 is 0 Å². The van der Waals surface area contributed by atoms with Crippen molar-refractivity contribution >= 4 is 11.7 Å². The standard InChI is InChI=1S/C18H13F3N4O2/c1-27-14-3-2-10-22-16(14)17(26)23-15-9-8-13(24-25-15)11-4-6-12(7-5-11)18(19,20)21/h2-10H,1H3,(H,23,25,26). The third kappa shape index (κ3) is 4.20. The van der Waals surface area contributed by atoms with E-state index in [1.165, 1.54) is 31.5 Å². The van der Waals surface area contributed by atoms with Crippen LogP contribution in [0.1, 0.15) is 16.1 Å². The number of amides is 1. The van der Waals surface area contributed by atoms with Crippen LogP contribution in [0.4, 0.5) is 19.0 Å². The zero-order valence-electron chi connectivity index (χ0n) is 14.0. The van der Waals surface area contributed by atoms with Crippen LogP contribution in [0.2, 0.25) is 0 Å². The number of aromatic nitrogens is 3. The minimum Gasteiger partial charge on any atom is -0.494 e. The van der Waals surface area contributed by atoms with Gasteiger partial charge in [0.25, 0.3) is 5.91 Å². The van der Waals surface area contributed by atoms with E-state index in [9.17, 15) is 18.0 Å². The molecule has 6 nitrogen and oxygen atoms in total. The number of ether oxygens (including phenoxy) is 1. The molecule has 1 aromatic carbocycles. The molecule has 9 heteroatoms. The Hall–Kier alpha value is -3.49. The van der Waals surface area contributed by atoms with Crippen molar-refractivity contribution < 1.29 is 22.7 Å². The molecular formula is C18H13F3N4O2. The van der Waals surface area contributed by atoms with Crippen molar-refractivity contribution in [3.8, 4) is 17.0 Å². The molecule has 0 atom stereocenters. The van der Waals surface area contributed by atoms with Crippen LogP contribution < -0.4 is 10.1 Å². The number of anilines is 1. The van der Waals surface area contributed by atoms with Crippen LogP contribution >= 0.6 is 0 Å². The van der Waals surface area contributed by atoms with Gasteiger partial charge in [-0.2, -0.15) is 13.2 Å². The lowest BCUT2D eigenvalue weighted by molar-refractivity contribution is -0.137. The lowest BCUT2D eigenvalue weighted by Crippen LogP contribution is -2.16. The fraction of sp³-hybridized carbons (Fsp3) is 0.111. The third-order valence-electron chi connectivity index (χ3n) is 3.62.